The molecule has 0 radical (unpaired) electrons. The molecule has 0 aromatic heterocycles. The first-order valence-corrected chi connectivity index (χ1v) is 7.22. The van der Waals surface area contributed by atoms with E-state index in [1.54, 1.807) is 18.2 Å². The van der Waals surface area contributed by atoms with E-state index < -0.39 is 11.9 Å². The van der Waals surface area contributed by atoms with E-state index in [1.165, 1.54) is 18.2 Å². The number of carbonyl (C=O) groups is 2. The zero-order chi connectivity index (χ0) is 15.6. The fourth-order valence-electron chi connectivity index (χ4n) is 1.64. The lowest BCUT2D eigenvalue weighted by atomic mass is 10.2. The molecule has 21 heavy (non-hydrogen) atoms. The molecule has 1 amide bonds. The molecule has 0 atom stereocenters. The van der Waals surface area contributed by atoms with Gasteiger partial charge in [-0.1, -0.05) is 39.1 Å². The van der Waals surface area contributed by atoms with Crippen LogP contribution in [0.25, 0.3) is 0 Å². The number of hydrogen-bond acceptors (Lipinski definition) is 2. The van der Waals surface area contributed by atoms with Crippen LogP contribution in [-0.4, -0.2) is 17.0 Å². The molecule has 0 saturated heterocycles. The van der Waals surface area contributed by atoms with Gasteiger partial charge in [0.05, 0.1) is 21.2 Å². The molecule has 0 fully saturated rings. The minimum Gasteiger partial charge on any atom is -0.478 e. The van der Waals surface area contributed by atoms with Crippen molar-refractivity contribution in [1.29, 1.82) is 0 Å². The molecule has 2 aromatic carbocycles. The third-order valence-electron chi connectivity index (χ3n) is 2.63. The number of rotatable bonds is 3. The SMILES string of the molecule is O=C(O)c1ccc(NC(=O)c2cc(Br)ccc2Cl)cc1Cl. The molecule has 2 aromatic rings. The highest BCUT2D eigenvalue weighted by molar-refractivity contribution is 9.10. The summed E-state index contributed by atoms with van der Waals surface area (Å²) < 4.78 is 0.719. The lowest BCUT2D eigenvalue weighted by Gasteiger charge is -2.08. The summed E-state index contributed by atoms with van der Waals surface area (Å²) in [5, 5.41) is 11.9. The summed E-state index contributed by atoms with van der Waals surface area (Å²) in [5.41, 5.74) is 0.644. The number of carboxylic acid groups (broad SMARTS) is 1. The molecule has 0 saturated carbocycles. The van der Waals surface area contributed by atoms with Crippen LogP contribution in [0.15, 0.2) is 40.9 Å². The smallest absolute Gasteiger partial charge is 0.337 e. The van der Waals surface area contributed by atoms with Gasteiger partial charge in [-0.2, -0.15) is 0 Å². The molecule has 2 N–H and O–H groups in total. The molecular weight excluding hydrogens is 381 g/mol. The van der Waals surface area contributed by atoms with Crippen molar-refractivity contribution in [2.24, 2.45) is 0 Å². The maximum absolute atomic E-state index is 12.1. The van der Waals surface area contributed by atoms with Crippen molar-refractivity contribution in [3.63, 3.8) is 0 Å². The summed E-state index contributed by atoms with van der Waals surface area (Å²) >= 11 is 15.1. The first kappa shape index (κ1) is 15.8. The van der Waals surface area contributed by atoms with Gasteiger partial charge in [-0.05, 0) is 36.4 Å². The maximum Gasteiger partial charge on any atom is 0.337 e. The molecule has 108 valence electrons. The van der Waals surface area contributed by atoms with Gasteiger partial charge in [-0.15, -0.1) is 0 Å². The Kier molecular flexibility index (Phi) is 4.88. The zero-order valence-electron chi connectivity index (χ0n) is 10.4. The van der Waals surface area contributed by atoms with E-state index in [4.69, 9.17) is 28.3 Å². The van der Waals surface area contributed by atoms with Crippen LogP contribution in [0.4, 0.5) is 5.69 Å². The van der Waals surface area contributed by atoms with Crippen molar-refractivity contribution in [2.75, 3.05) is 5.32 Å². The minimum atomic E-state index is -1.13. The monoisotopic (exact) mass is 387 g/mol. The topological polar surface area (TPSA) is 66.4 Å². The Bertz CT molecular complexity index is 734. The van der Waals surface area contributed by atoms with E-state index in [-0.39, 0.29) is 10.6 Å². The Hall–Kier alpha value is -1.56. The van der Waals surface area contributed by atoms with Crippen LogP contribution in [0.3, 0.4) is 0 Å². The molecule has 2 rings (SSSR count). The maximum atomic E-state index is 12.1. The summed E-state index contributed by atoms with van der Waals surface area (Å²) in [6.07, 6.45) is 0. The molecule has 0 heterocycles. The van der Waals surface area contributed by atoms with E-state index in [2.05, 4.69) is 21.2 Å². The number of nitrogens with one attached hydrogen (secondary N) is 1. The van der Waals surface area contributed by atoms with Crippen LogP contribution in [0, 0.1) is 0 Å². The average molecular weight is 389 g/mol. The zero-order valence-corrected chi connectivity index (χ0v) is 13.5. The quantitative estimate of drug-likeness (QED) is 0.800. The normalized spacial score (nSPS) is 10.2. The third-order valence-corrected chi connectivity index (χ3v) is 3.77. The molecule has 0 unspecified atom stereocenters. The summed E-state index contributed by atoms with van der Waals surface area (Å²) in [5.74, 6) is -1.55. The van der Waals surface area contributed by atoms with Crippen LogP contribution in [0.1, 0.15) is 20.7 Å². The second-order valence-electron chi connectivity index (χ2n) is 4.08. The number of benzene rings is 2. The highest BCUT2D eigenvalue weighted by atomic mass is 79.9. The predicted molar refractivity (Wildman–Crippen MR) is 85.5 cm³/mol. The van der Waals surface area contributed by atoms with Gasteiger partial charge in [0.25, 0.3) is 5.91 Å². The van der Waals surface area contributed by atoms with E-state index in [9.17, 15) is 9.59 Å². The molecule has 4 nitrogen and oxygen atoms in total. The molecule has 7 heteroatoms. The van der Waals surface area contributed by atoms with Crippen molar-refractivity contribution >= 4 is 56.7 Å². The van der Waals surface area contributed by atoms with Gasteiger partial charge in [0.15, 0.2) is 0 Å². The predicted octanol–water partition coefficient (Wildman–Crippen LogP) is 4.71. The van der Waals surface area contributed by atoms with Gasteiger partial charge < -0.3 is 10.4 Å². The number of hydrogen-bond donors (Lipinski definition) is 2. The third kappa shape index (κ3) is 3.75. The van der Waals surface area contributed by atoms with Gasteiger partial charge in [-0.3, -0.25) is 4.79 Å². The molecule has 0 bridgehead atoms. The number of amides is 1. The fourth-order valence-corrected chi connectivity index (χ4v) is 2.46. The molecule has 0 aliphatic carbocycles. The van der Waals surface area contributed by atoms with Crippen LogP contribution in [0.2, 0.25) is 10.0 Å². The second-order valence-corrected chi connectivity index (χ2v) is 5.81. The van der Waals surface area contributed by atoms with Gasteiger partial charge in [0.1, 0.15) is 0 Å². The lowest BCUT2D eigenvalue weighted by Crippen LogP contribution is -2.12. The Morgan fingerprint density at radius 1 is 1.00 bits per heavy atom. The summed E-state index contributed by atoms with van der Waals surface area (Å²) in [6, 6.07) is 9.06. The van der Waals surface area contributed by atoms with E-state index >= 15 is 0 Å². The van der Waals surface area contributed by atoms with Crippen molar-refractivity contribution in [3.05, 3.63) is 62.0 Å². The molecular formula is C14H8BrCl2NO3. The number of carboxylic acids is 1. The summed E-state index contributed by atoms with van der Waals surface area (Å²) in [6.45, 7) is 0. The van der Waals surface area contributed by atoms with Gasteiger partial charge in [-0.25, -0.2) is 4.79 Å². The molecule has 0 aliphatic rings. The standard InChI is InChI=1S/C14H8BrCl2NO3/c15-7-1-4-11(16)10(5-7)13(19)18-8-2-3-9(14(20)21)12(17)6-8/h1-6H,(H,18,19)(H,20,21). The first-order valence-electron chi connectivity index (χ1n) is 5.67. The number of anilines is 1. The van der Waals surface area contributed by atoms with E-state index in [1.807, 2.05) is 0 Å². The van der Waals surface area contributed by atoms with Gasteiger partial charge in [0.2, 0.25) is 0 Å². The van der Waals surface area contributed by atoms with Crippen molar-refractivity contribution in [2.45, 2.75) is 0 Å². The minimum absolute atomic E-state index is 0.0323. The van der Waals surface area contributed by atoms with Crippen LogP contribution in [0.5, 0.6) is 0 Å². The average Bonchev–Trinajstić information content (AvgIpc) is 2.41. The highest BCUT2D eigenvalue weighted by Crippen LogP contribution is 2.24. The van der Waals surface area contributed by atoms with Crippen LogP contribution < -0.4 is 5.32 Å². The fraction of sp³-hybridized carbons (Fsp3) is 0. The summed E-state index contributed by atoms with van der Waals surface area (Å²) in [7, 11) is 0. The van der Waals surface area contributed by atoms with Crippen LogP contribution in [-0.2, 0) is 0 Å². The van der Waals surface area contributed by atoms with E-state index in [0.29, 0.717) is 16.3 Å². The molecule has 0 spiro atoms. The van der Waals surface area contributed by atoms with Gasteiger partial charge in [0, 0.05) is 10.2 Å². The Morgan fingerprint density at radius 2 is 1.71 bits per heavy atom. The largest absolute Gasteiger partial charge is 0.478 e. The van der Waals surface area contributed by atoms with Crippen LogP contribution >= 0.6 is 39.1 Å². The van der Waals surface area contributed by atoms with Gasteiger partial charge >= 0.3 is 5.97 Å². The van der Waals surface area contributed by atoms with E-state index in [0.717, 1.165) is 4.47 Å². The number of halogens is 3. The first-order chi connectivity index (χ1) is 9.88. The summed E-state index contributed by atoms with van der Waals surface area (Å²) in [4.78, 5) is 23.0. The number of carbonyl (C=O) groups excluding carboxylic acids is 1. The highest BCUT2D eigenvalue weighted by Gasteiger charge is 2.13. The Morgan fingerprint density at radius 3 is 2.33 bits per heavy atom. The lowest BCUT2D eigenvalue weighted by molar-refractivity contribution is 0.0697. The second kappa shape index (κ2) is 6.47. The van der Waals surface area contributed by atoms with Crippen molar-refractivity contribution < 1.29 is 14.7 Å². The van der Waals surface area contributed by atoms with Crippen molar-refractivity contribution in [1.82, 2.24) is 0 Å². The van der Waals surface area contributed by atoms with Crippen molar-refractivity contribution in [3.8, 4) is 0 Å². The Labute approximate surface area is 138 Å². The Balaban J connectivity index is 2.26. The molecule has 0 aliphatic heterocycles. The number of aromatic carboxylic acids is 1.